The first-order chi connectivity index (χ1) is 11.1. The summed E-state index contributed by atoms with van der Waals surface area (Å²) < 4.78 is 28.2. The third-order valence-corrected chi connectivity index (χ3v) is 6.60. The Bertz CT molecular complexity index is 650. The molecule has 0 saturated carbocycles. The van der Waals surface area contributed by atoms with Crippen LogP contribution in [-0.2, 0) is 20.3 Å². The van der Waals surface area contributed by atoms with Gasteiger partial charge in [0.2, 0.25) is 10.0 Å². The summed E-state index contributed by atoms with van der Waals surface area (Å²) in [6.07, 6.45) is 0.758. The number of nitrogens with one attached hydrogen (secondary N) is 1. The van der Waals surface area contributed by atoms with Gasteiger partial charge in [-0.1, -0.05) is 52.0 Å². The smallest absolute Gasteiger partial charge is 0.219 e. The van der Waals surface area contributed by atoms with Crippen molar-refractivity contribution in [2.45, 2.75) is 63.8 Å². The lowest BCUT2D eigenvalue weighted by Crippen LogP contribution is -2.42. The molecule has 1 aromatic rings. The van der Waals surface area contributed by atoms with Crippen molar-refractivity contribution < 1.29 is 13.3 Å². The molecule has 0 spiro atoms. The second-order valence-corrected chi connectivity index (χ2v) is 9.60. The van der Waals surface area contributed by atoms with Gasteiger partial charge in [-0.25, -0.2) is 13.1 Å². The summed E-state index contributed by atoms with van der Waals surface area (Å²) in [5.41, 5.74) is 2.26. The number of rotatable bonds is 5. The minimum absolute atomic E-state index is 0.0696. The highest BCUT2D eigenvalue weighted by molar-refractivity contribution is 7.90. The van der Waals surface area contributed by atoms with Crippen molar-refractivity contribution in [3.63, 3.8) is 0 Å². The van der Waals surface area contributed by atoms with Crippen molar-refractivity contribution in [3.8, 4) is 0 Å². The molecule has 0 amide bonds. The molecule has 1 aromatic carbocycles. The fourth-order valence-electron chi connectivity index (χ4n) is 2.91. The normalized spacial score (nSPS) is 24.2. The predicted molar refractivity (Wildman–Crippen MR) is 97.2 cm³/mol. The van der Waals surface area contributed by atoms with E-state index in [1.165, 1.54) is 5.56 Å². The molecule has 136 valence electrons. The Labute approximate surface area is 146 Å². The maximum Gasteiger partial charge on any atom is 0.219 e. The van der Waals surface area contributed by atoms with Gasteiger partial charge in [-0.2, -0.15) is 5.06 Å². The Morgan fingerprint density at radius 3 is 2.38 bits per heavy atom. The van der Waals surface area contributed by atoms with Crippen LogP contribution >= 0.6 is 0 Å². The van der Waals surface area contributed by atoms with Gasteiger partial charge >= 0.3 is 0 Å². The fourth-order valence-corrected chi connectivity index (χ4v) is 4.72. The summed E-state index contributed by atoms with van der Waals surface area (Å²) >= 11 is 0. The summed E-state index contributed by atoms with van der Waals surface area (Å²) in [6, 6.07) is 7.80. The summed E-state index contributed by atoms with van der Waals surface area (Å²) in [4.78, 5) is 5.55. The minimum atomic E-state index is -3.46. The van der Waals surface area contributed by atoms with Gasteiger partial charge in [-0.15, -0.1) is 0 Å². The number of sulfonamides is 1. The Balaban J connectivity index is 2.29. The van der Waals surface area contributed by atoms with Crippen LogP contribution in [0.4, 0.5) is 0 Å². The second-order valence-electron chi connectivity index (χ2n) is 7.67. The third kappa shape index (κ3) is 4.17. The lowest BCUT2D eigenvalue weighted by atomic mass is 9.86. The van der Waals surface area contributed by atoms with E-state index in [0.717, 1.165) is 12.0 Å². The maximum atomic E-state index is 12.7. The molecule has 1 aliphatic heterocycles. The SMILES string of the molecule is CC[C@H](C)NS(=O)(=O)[C@@H]1CON(C)[C@@H]1c1ccc(C(C)(C)C)cc1. The van der Waals surface area contributed by atoms with Crippen LogP contribution in [0.15, 0.2) is 24.3 Å². The van der Waals surface area contributed by atoms with Gasteiger partial charge in [0.05, 0.1) is 12.6 Å². The van der Waals surface area contributed by atoms with E-state index in [1.54, 1.807) is 12.1 Å². The molecule has 0 aromatic heterocycles. The van der Waals surface area contributed by atoms with Crippen LogP contribution in [0.3, 0.4) is 0 Å². The Morgan fingerprint density at radius 2 is 1.88 bits per heavy atom. The summed E-state index contributed by atoms with van der Waals surface area (Å²) in [5, 5.41) is 1.05. The van der Waals surface area contributed by atoms with E-state index in [-0.39, 0.29) is 24.1 Å². The van der Waals surface area contributed by atoms with Gasteiger partial charge in [-0.3, -0.25) is 4.84 Å². The van der Waals surface area contributed by atoms with Crippen LogP contribution in [0.5, 0.6) is 0 Å². The van der Waals surface area contributed by atoms with Crippen molar-refractivity contribution in [1.82, 2.24) is 9.79 Å². The first-order valence-corrected chi connectivity index (χ1v) is 10.1. The molecule has 0 bridgehead atoms. The predicted octanol–water partition coefficient (Wildman–Crippen LogP) is 2.99. The molecule has 24 heavy (non-hydrogen) atoms. The Kier molecular flexibility index (Phi) is 5.75. The quantitative estimate of drug-likeness (QED) is 0.883. The zero-order chi connectivity index (χ0) is 18.1. The van der Waals surface area contributed by atoms with E-state index in [9.17, 15) is 8.42 Å². The molecule has 1 aliphatic rings. The molecule has 0 unspecified atom stereocenters. The monoisotopic (exact) mass is 354 g/mol. The molecule has 1 N–H and O–H groups in total. The second kappa shape index (κ2) is 7.12. The number of nitrogens with zero attached hydrogens (tertiary/aromatic N) is 1. The van der Waals surface area contributed by atoms with E-state index >= 15 is 0 Å². The Hall–Kier alpha value is -0.950. The summed E-state index contributed by atoms with van der Waals surface area (Å²) in [7, 11) is -1.66. The third-order valence-electron chi connectivity index (χ3n) is 4.68. The van der Waals surface area contributed by atoms with E-state index in [0.29, 0.717) is 0 Å². The molecular weight excluding hydrogens is 324 g/mol. The molecule has 0 aliphatic carbocycles. The van der Waals surface area contributed by atoms with E-state index in [4.69, 9.17) is 4.84 Å². The van der Waals surface area contributed by atoms with Gasteiger partial charge in [0, 0.05) is 13.1 Å². The number of hydroxylamine groups is 2. The highest BCUT2D eigenvalue weighted by Crippen LogP contribution is 2.34. The first-order valence-electron chi connectivity index (χ1n) is 8.53. The fraction of sp³-hybridized carbons (Fsp3) is 0.667. The van der Waals surface area contributed by atoms with Crippen LogP contribution in [-0.4, -0.2) is 38.4 Å². The number of hydrogen-bond acceptors (Lipinski definition) is 4. The van der Waals surface area contributed by atoms with Crippen LogP contribution in [0.1, 0.15) is 58.2 Å². The lowest BCUT2D eigenvalue weighted by Gasteiger charge is -2.25. The number of hydrogen-bond donors (Lipinski definition) is 1. The summed E-state index contributed by atoms with van der Waals surface area (Å²) in [5.74, 6) is 0. The molecule has 3 atom stereocenters. The van der Waals surface area contributed by atoms with E-state index in [1.807, 2.05) is 26.0 Å². The maximum absolute atomic E-state index is 12.7. The molecule has 1 fully saturated rings. The van der Waals surface area contributed by atoms with Gasteiger partial charge in [0.1, 0.15) is 5.25 Å². The standard InChI is InChI=1S/C18H30N2O3S/c1-7-13(2)19-24(21,22)16-12-23-20(6)17(16)14-8-10-15(11-9-14)18(3,4)5/h8-11,13,16-17,19H,7,12H2,1-6H3/t13-,16+,17+/m0/s1. The number of benzene rings is 1. The van der Waals surface area contributed by atoms with Crippen LogP contribution in [0.25, 0.3) is 0 Å². The van der Waals surface area contributed by atoms with Crippen molar-refractivity contribution in [1.29, 1.82) is 0 Å². The van der Waals surface area contributed by atoms with Gasteiger partial charge in [0.15, 0.2) is 0 Å². The van der Waals surface area contributed by atoms with Gasteiger partial charge in [-0.05, 0) is 29.9 Å². The molecule has 5 nitrogen and oxygen atoms in total. The molecule has 6 heteroatoms. The molecule has 1 heterocycles. The zero-order valence-corrected chi connectivity index (χ0v) is 16.4. The van der Waals surface area contributed by atoms with Crippen molar-refractivity contribution in [2.75, 3.05) is 13.7 Å². The minimum Gasteiger partial charge on any atom is -0.297 e. The first kappa shape index (κ1) is 19.4. The van der Waals surface area contributed by atoms with Crippen LogP contribution in [0.2, 0.25) is 0 Å². The van der Waals surface area contributed by atoms with Gasteiger partial charge in [0.25, 0.3) is 0 Å². The van der Waals surface area contributed by atoms with Crippen molar-refractivity contribution in [2.24, 2.45) is 0 Å². The van der Waals surface area contributed by atoms with Crippen molar-refractivity contribution in [3.05, 3.63) is 35.4 Å². The molecular formula is C18H30N2O3S. The molecule has 0 radical (unpaired) electrons. The van der Waals surface area contributed by atoms with Crippen LogP contribution < -0.4 is 4.72 Å². The Morgan fingerprint density at radius 1 is 1.29 bits per heavy atom. The summed E-state index contributed by atoms with van der Waals surface area (Å²) in [6.45, 7) is 10.5. The lowest BCUT2D eigenvalue weighted by molar-refractivity contribution is -0.110. The average Bonchev–Trinajstić information content (AvgIpc) is 2.88. The largest absolute Gasteiger partial charge is 0.297 e. The molecule has 1 saturated heterocycles. The zero-order valence-electron chi connectivity index (χ0n) is 15.5. The van der Waals surface area contributed by atoms with Crippen LogP contribution in [0, 0.1) is 0 Å². The van der Waals surface area contributed by atoms with Gasteiger partial charge < -0.3 is 0 Å². The molecule has 2 rings (SSSR count). The topological polar surface area (TPSA) is 58.6 Å². The highest BCUT2D eigenvalue weighted by atomic mass is 32.2. The highest BCUT2D eigenvalue weighted by Gasteiger charge is 2.43. The van der Waals surface area contributed by atoms with E-state index < -0.39 is 15.3 Å². The van der Waals surface area contributed by atoms with E-state index in [2.05, 4.69) is 37.6 Å². The van der Waals surface area contributed by atoms with Crippen molar-refractivity contribution >= 4 is 10.0 Å². The average molecular weight is 355 g/mol.